The zero-order valence-electron chi connectivity index (χ0n) is 12.8. The first-order valence-electron chi connectivity index (χ1n) is 6.26. The molecule has 0 saturated heterocycles. The first-order valence-corrected chi connectivity index (χ1v) is 6.26. The van der Waals surface area contributed by atoms with E-state index in [1.807, 2.05) is 0 Å². The molecule has 0 aliphatic heterocycles. The van der Waals surface area contributed by atoms with E-state index in [-0.39, 0.29) is 12.8 Å². The second-order valence-corrected chi connectivity index (χ2v) is 4.15. The van der Waals surface area contributed by atoms with Crippen molar-refractivity contribution in [2.24, 2.45) is 5.41 Å². The van der Waals surface area contributed by atoms with Crippen LogP contribution in [0.4, 0.5) is 0 Å². The first kappa shape index (κ1) is 25.9. The van der Waals surface area contributed by atoms with Crippen molar-refractivity contribution in [2.75, 3.05) is 33.5 Å². The van der Waals surface area contributed by atoms with Gasteiger partial charge in [0, 0.05) is 6.08 Å². The van der Waals surface area contributed by atoms with E-state index in [2.05, 4.69) is 11.3 Å². The molecule has 0 atom stereocenters. The number of aliphatic hydroxyl groups excluding tert-OH is 4. The number of ether oxygens (including phenoxy) is 1. The van der Waals surface area contributed by atoms with Crippen LogP contribution in [0.1, 0.15) is 12.8 Å². The second-order valence-electron chi connectivity index (χ2n) is 4.15. The molecule has 10 nitrogen and oxygen atoms in total. The van der Waals surface area contributed by atoms with Crippen molar-refractivity contribution in [3.05, 3.63) is 12.7 Å². The fourth-order valence-corrected chi connectivity index (χ4v) is 0.597. The van der Waals surface area contributed by atoms with E-state index in [4.69, 9.17) is 30.6 Å². The number of carbonyl (C=O) groups is 3. The third kappa shape index (κ3) is 17.9. The van der Waals surface area contributed by atoms with Crippen LogP contribution in [0.5, 0.6) is 0 Å². The van der Waals surface area contributed by atoms with Crippen molar-refractivity contribution in [3.63, 3.8) is 0 Å². The Kier molecular flexibility index (Phi) is 18.4. The summed E-state index contributed by atoms with van der Waals surface area (Å²) in [5.41, 5.74) is -1.11. The van der Waals surface area contributed by atoms with E-state index in [9.17, 15) is 14.4 Å². The molecule has 0 aromatic carbocycles. The van der Waals surface area contributed by atoms with Crippen LogP contribution in [0.3, 0.4) is 0 Å². The molecular formula is C13H24O10. The third-order valence-electron chi connectivity index (χ3n) is 2.26. The molecule has 136 valence electrons. The van der Waals surface area contributed by atoms with Crippen molar-refractivity contribution < 1.29 is 49.8 Å². The van der Waals surface area contributed by atoms with E-state index in [1.165, 1.54) is 7.11 Å². The van der Waals surface area contributed by atoms with E-state index in [0.717, 1.165) is 6.08 Å². The normalized spacial score (nSPS) is 9.43. The van der Waals surface area contributed by atoms with Gasteiger partial charge in [0.25, 0.3) is 0 Å². The molecule has 0 saturated carbocycles. The van der Waals surface area contributed by atoms with Gasteiger partial charge >= 0.3 is 17.9 Å². The molecule has 0 spiro atoms. The molecule has 0 bridgehead atoms. The fraction of sp³-hybridized carbons (Fsp3) is 0.615. The molecule has 0 radical (unpaired) electrons. The van der Waals surface area contributed by atoms with Gasteiger partial charge in [0.05, 0.1) is 51.8 Å². The predicted molar refractivity (Wildman–Crippen MR) is 77.5 cm³/mol. The number of hydrogen-bond donors (Lipinski definition) is 6. The number of rotatable bonds is 8. The minimum absolute atomic E-state index is 0.296. The molecule has 0 aromatic rings. The van der Waals surface area contributed by atoms with Gasteiger partial charge in [-0.2, -0.15) is 0 Å². The summed E-state index contributed by atoms with van der Waals surface area (Å²) < 4.78 is 4.14. The largest absolute Gasteiger partial charge is 0.481 e. The highest BCUT2D eigenvalue weighted by atomic mass is 16.5. The molecule has 0 fully saturated rings. The number of carboxylic acids is 2. The van der Waals surface area contributed by atoms with Crippen molar-refractivity contribution in [3.8, 4) is 0 Å². The monoisotopic (exact) mass is 340 g/mol. The number of hydrogen-bond acceptors (Lipinski definition) is 8. The van der Waals surface area contributed by atoms with Crippen LogP contribution in [0.25, 0.3) is 0 Å². The van der Waals surface area contributed by atoms with Gasteiger partial charge in [-0.05, 0) is 0 Å². The molecule has 0 amide bonds. The van der Waals surface area contributed by atoms with Gasteiger partial charge in [-0.3, -0.25) is 9.59 Å². The highest BCUT2D eigenvalue weighted by Crippen LogP contribution is 2.11. The molecule has 23 heavy (non-hydrogen) atoms. The van der Waals surface area contributed by atoms with E-state index >= 15 is 0 Å². The molecule has 0 aliphatic carbocycles. The van der Waals surface area contributed by atoms with Gasteiger partial charge in [-0.1, -0.05) is 6.58 Å². The molecule has 0 rings (SSSR count). The van der Waals surface area contributed by atoms with Gasteiger partial charge < -0.3 is 35.4 Å². The Morgan fingerprint density at radius 2 is 1.22 bits per heavy atom. The lowest BCUT2D eigenvalue weighted by Crippen LogP contribution is -2.37. The van der Waals surface area contributed by atoms with Crippen LogP contribution in [0, 0.1) is 5.41 Å². The Labute approximate surface area is 133 Å². The fourth-order valence-electron chi connectivity index (χ4n) is 0.597. The summed E-state index contributed by atoms with van der Waals surface area (Å²) in [6, 6.07) is 0. The standard InChI is InChI=1S/C5H12O4.C4H6O4.C4H6O2/c6-1-5(2-7,3-8)4-9;5-3(6)1-2-4(7)8;1-3-4(5)6-2/h6-9H,1-4H2;1-2H2,(H,5,6)(H,7,8);3H,1H2,2H3. The summed E-state index contributed by atoms with van der Waals surface area (Å²) in [4.78, 5) is 29.1. The number of methoxy groups -OCH3 is 1. The number of esters is 1. The van der Waals surface area contributed by atoms with E-state index in [0.29, 0.717) is 0 Å². The zero-order chi connectivity index (χ0) is 18.9. The average molecular weight is 340 g/mol. The summed E-state index contributed by atoms with van der Waals surface area (Å²) in [6.45, 7) is 1.53. The minimum Gasteiger partial charge on any atom is -0.481 e. The molecule has 0 aromatic heterocycles. The summed E-state index contributed by atoms with van der Waals surface area (Å²) in [5, 5.41) is 49.8. The van der Waals surface area contributed by atoms with Crippen molar-refractivity contribution in [1.82, 2.24) is 0 Å². The van der Waals surface area contributed by atoms with E-state index in [1.54, 1.807) is 0 Å². The quantitative estimate of drug-likeness (QED) is 0.218. The van der Waals surface area contributed by atoms with Crippen molar-refractivity contribution in [2.45, 2.75) is 12.8 Å². The smallest absolute Gasteiger partial charge is 0.329 e. The number of aliphatic hydroxyl groups is 4. The second kappa shape index (κ2) is 16.4. The Morgan fingerprint density at radius 1 is 0.913 bits per heavy atom. The highest BCUT2D eigenvalue weighted by Gasteiger charge is 2.26. The minimum atomic E-state index is -1.11. The van der Waals surface area contributed by atoms with Crippen molar-refractivity contribution >= 4 is 17.9 Å². The van der Waals surface area contributed by atoms with Gasteiger partial charge in [-0.15, -0.1) is 0 Å². The van der Waals surface area contributed by atoms with Gasteiger partial charge in [-0.25, -0.2) is 4.79 Å². The maximum atomic E-state index is 9.84. The molecule has 0 heterocycles. The number of carbonyl (C=O) groups excluding carboxylic acids is 1. The maximum Gasteiger partial charge on any atom is 0.329 e. The maximum absolute atomic E-state index is 9.84. The third-order valence-corrected chi connectivity index (χ3v) is 2.26. The van der Waals surface area contributed by atoms with E-state index < -0.39 is 49.8 Å². The molecule has 6 N–H and O–H groups in total. The van der Waals surface area contributed by atoms with Crippen LogP contribution in [0.2, 0.25) is 0 Å². The lowest BCUT2D eigenvalue weighted by Gasteiger charge is -2.23. The van der Waals surface area contributed by atoms with Gasteiger partial charge in [0.1, 0.15) is 0 Å². The molecule has 10 heteroatoms. The van der Waals surface area contributed by atoms with Crippen LogP contribution >= 0.6 is 0 Å². The summed E-state index contributed by atoms with van der Waals surface area (Å²) in [7, 11) is 1.31. The topological polar surface area (TPSA) is 182 Å². The lowest BCUT2D eigenvalue weighted by atomic mass is 9.93. The average Bonchev–Trinajstić information content (AvgIpc) is 2.56. The first-order chi connectivity index (χ1) is 10.7. The summed E-state index contributed by atoms with van der Waals surface area (Å²) in [5.74, 6) is -2.55. The number of aliphatic carboxylic acids is 2. The van der Waals surface area contributed by atoms with Crippen molar-refractivity contribution in [1.29, 1.82) is 0 Å². The van der Waals surface area contributed by atoms with Crippen LogP contribution in [-0.2, 0) is 19.1 Å². The predicted octanol–water partition coefficient (Wildman–Crippen LogP) is -1.78. The SMILES string of the molecule is C=CC(=O)OC.O=C(O)CCC(=O)O.OCC(CO)(CO)CO. The van der Waals surface area contributed by atoms with Gasteiger partial charge in [0.15, 0.2) is 0 Å². The summed E-state index contributed by atoms with van der Waals surface area (Å²) >= 11 is 0. The lowest BCUT2D eigenvalue weighted by molar-refractivity contribution is -0.143. The Morgan fingerprint density at radius 3 is 1.26 bits per heavy atom. The Hall–Kier alpha value is -2.01. The summed E-state index contributed by atoms with van der Waals surface area (Å²) in [6.07, 6.45) is 0.519. The highest BCUT2D eigenvalue weighted by molar-refractivity contribution is 5.80. The van der Waals surface area contributed by atoms with Crippen LogP contribution in [0.15, 0.2) is 12.7 Å². The van der Waals surface area contributed by atoms with Crippen LogP contribution in [-0.4, -0.2) is 82.1 Å². The van der Waals surface area contributed by atoms with Gasteiger partial charge in [0.2, 0.25) is 0 Å². The Balaban J connectivity index is -0.000000266. The molecule has 0 aliphatic rings. The molecular weight excluding hydrogens is 316 g/mol. The zero-order valence-corrected chi connectivity index (χ0v) is 12.8. The number of carboxylic acid groups (broad SMARTS) is 2. The Bertz CT molecular complexity index is 317. The van der Waals surface area contributed by atoms with Crippen LogP contribution < -0.4 is 0 Å². The molecule has 0 unspecified atom stereocenters.